The number of aromatic nitrogens is 2. The van der Waals surface area contributed by atoms with Crippen molar-refractivity contribution in [3.05, 3.63) is 30.1 Å². The molecule has 4 nitrogen and oxygen atoms in total. The first-order valence-corrected chi connectivity index (χ1v) is 11.6. The second-order valence-electron chi connectivity index (χ2n) is 9.45. The molecule has 5 heteroatoms. The number of nitrogens with one attached hydrogen (secondary N) is 1. The fourth-order valence-electron chi connectivity index (χ4n) is 6.55. The van der Waals surface area contributed by atoms with E-state index in [2.05, 4.69) is 22.2 Å². The number of carbonyl (C=O) groups is 1. The highest BCUT2D eigenvalue weighted by Gasteiger charge is 2.53. The van der Waals surface area contributed by atoms with Crippen molar-refractivity contribution >= 4 is 28.6 Å². The second-order valence-corrected chi connectivity index (χ2v) is 10.4. The molecule has 1 aromatic carbocycles. The number of aryl methyl sites for hydroxylation is 1. The van der Waals surface area contributed by atoms with Gasteiger partial charge in [0.05, 0.1) is 11.3 Å². The van der Waals surface area contributed by atoms with E-state index in [0.29, 0.717) is 11.2 Å². The minimum atomic E-state index is 0.133. The van der Waals surface area contributed by atoms with E-state index in [9.17, 15) is 4.79 Å². The first-order chi connectivity index (χ1) is 13.5. The van der Waals surface area contributed by atoms with Gasteiger partial charge < -0.3 is 5.32 Å². The summed E-state index contributed by atoms with van der Waals surface area (Å²) in [4.78, 5) is 21.8. The van der Waals surface area contributed by atoms with Crippen LogP contribution in [0.2, 0.25) is 0 Å². The largest absolute Gasteiger partial charge is 0.352 e. The molecule has 1 heterocycles. The summed E-state index contributed by atoms with van der Waals surface area (Å²) in [5, 5.41) is 5.30. The van der Waals surface area contributed by atoms with Crippen molar-refractivity contribution in [1.82, 2.24) is 15.3 Å². The monoisotopic (exact) mass is 395 g/mol. The SMILES string of the molecule is Cc1nc(SCC(=O)N[C@@H](C)C23CC4CC(CC(C4)C2)C3)c2ccccc2n1. The predicted octanol–water partition coefficient (Wildman–Crippen LogP) is 4.75. The molecule has 4 saturated carbocycles. The van der Waals surface area contributed by atoms with Crippen LogP contribution in [-0.4, -0.2) is 27.7 Å². The highest BCUT2D eigenvalue weighted by atomic mass is 32.2. The molecule has 4 aliphatic carbocycles. The molecule has 6 rings (SSSR count). The topological polar surface area (TPSA) is 54.9 Å². The Morgan fingerprint density at radius 3 is 2.46 bits per heavy atom. The van der Waals surface area contributed by atoms with Crippen molar-refractivity contribution in [2.24, 2.45) is 23.2 Å². The van der Waals surface area contributed by atoms with Crippen LogP contribution in [0.1, 0.15) is 51.3 Å². The fourth-order valence-corrected chi connectivity index (χ4v) is 7.42. The summed E-state index contributed by atoms with van der Waals surface area (Å²) in [7, 11) is 0. The highest BCUT2D eigenvalue weighted by Crippen LogP contribution is 2.61. The van der Waals surface area contributed by atoms with Crippen molar-refractivity contribution in [2.45, 2.75) is 63.4 Å². The summed E-state index contributed by atoms with van der Waals surface area (Å²) in [5.74, 6) is 4.04. The van der Waals surface area contributed by atoms with Crippen LogP contribution in [0.25, 0.3) is 10.9 Å². The van der Waals surface area contributed by atoms with Gasteiger partial charge in [0.25, 0.3) is 0 Å². The standard InChI is InChI=1S/C23H29N3OS/c1-14(23-10-16-7-17(11-23)9-18(8-16)12-23)24-21(27)13-28-22-19-5-3-4-6-20(19)25-15(2)26-22/h3-6,14,16-18H,7-13H2,1-2H3,(H,24,27)/t14-,16?,17?,18?,23?/m0/s1. The van der Waals surface area contributed by atoms with E-state index in [1.807, 2.05) is 31.2 Å². The van der Waals surface area contributed by atoms with E-state index >= 15 is 0 Å². The van der Waals surface area contributed by atoms with E-state index in [1.165, 1.54) is 50.3 Å². The third-order valence-corrected chi connectivity index (χ3v) is 8.39. The van der Waals surface area contributed by atoms with Crippen LogP contribution in [0.3, 0.4) is 0 Å². The molecule has 1 N–H and O–H groups in total. The lowest BCUT2D eigenvalue weighted by molar-refractivity contribution is -0.123. The van der Waals surface area contributed by atoms with Gasteiger partial charge in [-0.15, -0.1) is 0 Å². The van der Waals surface area contributed by atoms with E-state index in [1.54, 1.807) is 0 Å². The number of para-hydroxylation sites is 1. The number of rotatable bonds is 5. The van der Waals surface area contributed by atoms with Gasteiger partial charge >= 0.3 is 0 Å². The third-order valence-electron chi connectivity index (χ3n) is 7.40. The Hall–Kier alpha value is -1.62. The molecule has 1 aromatic heterocycles. The lowest BCUT2D eigenvalue weighted by Gasteiger charge is -2.59. The Morgan fingerprint density at radius 1 is 1.14 bits per heavy atom. The molecule has 0 aliphatic heterocycles. The van der Waals surface area contributed by atoms with Crippen LogP contribution in [0.15, 0.2) is 29.3 Å². The van der Waals surface area contributed by atoms with Gasteiger partial charge in [0.1, 0.15) is 10.9 Å². The van der Waals surface area contributed by atoms with Crippen molar-refractivity contribution in [2.75, 3.05) is 5.75 Å². The smallest absolute Gasteiger partial charge is 0.230 e. The predicted molar refractivity (Wildman–Crippen MR) is 113 cm³/mol. The van der Waals surface area contributed by atoms with Gasteiger partial charge in [-0.05, 0) is 81.6 Å². The number of carbonyl (C=O) groups excluding carboxylic acids is 1. The Kier molecular flexibility index (Phi) is 4.61. The number of amides is 1. The van der Waals surface area contributed by atoms with E-state index < -0.39 is 0 Å². The van der Waals surface area contributed by atoms with Gasteiger partial charge in [-0.2, -0.15) is 0 Å². The lowest BCUT2D eigenvalue weighted by Crippen LogP contribution is -2.56. The Labute approximate surface area is 171 Å². The maximum atomic E-state index is 12.8. The number of benzene rings is 1. The number of fused-ring (bicyclic) bond motifs is 1. The summed E-state index contributed by atoms with van der Waals surface area (Å²) < 4.78 is 0. The first-order valence-electron chi connectivity index (χ1n) is 10.7. The summed E-state index contributed by atoms with van der Waals surface area (Å²) in [6, 6.07) is 8.30. The minimum Gasteiger partial charge on any atom is -0.352 e. The summed E-state index contributed by atoms with van der Waals surface area (Å²) in [6.07, 6.45) is 8.29. The normalized spacial score (nSPS) is 31.9. The molecule has 1 amide bonds. The Bertz CT molecular complexity index is 877. The van der Waals surface area contributed by atoms with Crippen LogP contribution >= 0.6 is 11.8 Å². The zero-order valence-corrected chi connectivity index (χ0v) is 17.6. The molecule has 0 unspecified atom stereocenters. The van der Waals surface area contributed by atoms with E-state index in [4.69, 9.17) is 0 Å². The van der Waals surface area contributed by atoms with Crippen molar-refractivity contribution in [3.8, 4) is 0 Å². The zero-order chi connectivity index (χ0) is 19.3. The molecular formula is C23H29N3OS. The van der Waals surface area contributed by atoms with Crippen molar-refractivity contribution < 1.29 is 4.79 Å². The van der Waals surface area contributed by atoms with Crippen LogP contribution in [-0.2, 0) is 4.79 Å². The molecule has 4 aliphatic rings. The molecule has 4 bridgehead atoms. The number of thioether (sulfide) groups is 1. The minimum absolute atomic E-state index is 0.133. The molecule has 4 fully saturated rings. The van der Waals surface area contributed by atoms with E-state index in [-0.39, 0.29) is 11.9 Å². The molecule has 28 heavy (non-hydrogen) atoms. The molecule has 2 aromatic rings. The van der Waals surface area contributed by atoms with Crippen LogP contribution in [0, 0.1) is 30.1 Å². The summed E-state index contributed by atoms with van der Waals surface area (Å²) in [5.41, 5.74) is 1.30. The maximum absolute atomic E-state index is 12.8. The molecule has 0 saturated heterocycles. The molecule has 0 spiro atoms. The van der Waals surface area contributed by atoms with Crippen LogP contribution < -0.4 is 5.32 Å². The summed E-state index contributed by atoms with van der Waals surface area (Å²) in [6.45, 7) is 4.16. The van der Waals surface area contributed by atoms with Crippen LogP contribution in [0.4, 0.5) is 0 Å². The molecule has 1 atom stereocenters. The average molecular weight is 396 g/mol. The lowest BCUT2D eigenvalue weighted by atomic mass is 9.48. The van der Waals surface area contributed by atoms with Gasteiger partial charge in [0.2, 0.25) is 5.91 Å². The van der Waals surface area contributed by atoms with Gasteiger partial charge in [-0.3, -0.25) is 4.79 Å². The number of nitrogens with zero attached hydrogens (tertiary/aromatic N) is 2. The Morgan fingerprint density at radius 2 is 1.79 bits per heavy atom. The molecule has 148 valence electrons. The van der Waals surface area contributed by atoms with Gasteiger partial charge in [-0.1, -0.05) is 30.0 Å². The number of hydrogen-bond donors (Lipinski definition) is 1. The average Bonchev–Trinajstić information content (AvgIpc) is 2.65. The van der Waals surface area contributed by atoms with Gasteiger partial charge in [0, 0.05) is 11.4 Å². The van der Waals surface area contributed by atoms with E-state index in [0.717, 1.165) is 39.5 Å². The molecule has 0 radical (unpaired) electrons. The highest BCUT2D eigenvalue weighted by molar-refractivity contribution is 8.00. The maximum Gasteiger partial charge on any atom is 0.230 e. The van der Waals surface area contributed by atoms with Crippen molar-refractivity contribution in [1.29, 1.82) is 0 Å². The molecular weight excluding hydrogens is 366 g/mol. The third kappa shape index (κ3) is 3.32. The first kappa shape index (κ1) is 18.4. The Balaban J connectivity index is 1.25. The van der Waals surface area contributed by atoms with Crippen molar-refractivity contribution in [3.63, 3.8) is 0 Å². The van der Waals surface area contributed by atoms with Gasteiger partial charge in [-0.25, -0.2) is 9.97 Å². The quantitative estimate of drug-likeness (QED) is 0.586. The second kappa shape index (κ2) is 7.01. The van der Waals surface area contributed by atoms with Crippen LogP contribution in [0.5, 0.6) is 0 Å². The summed E-state index contributed by atoms with van der Waals surface area (Å²) >= 11 is 1.53. The fraction of sp³-hybridized carbons (Fsp3) is 0.609. The van der Waals surface area contributed by atoms with Gasteiger partial charge in [0.15, 0.2) is 0 Å². The number of hydrogen-bond acceptors (Lipinski definition) is 4. The zero-order valence-electron chi connectivity index (χ0n) is 16.8.